The SMILES string of the molecule is O=C(c1ccc(-c2ccccc2)cc1)N1CCN(Cc2nc(-c3cccs3)cs2)CC1. The van der Waals surface area contributed by atoms with Gasteiger partial charge in [-0.2, -0.15) is 0 Å². The van der Waals surface area contributed by atoms with Gasteiger partial charge in [0.05, 0.1) is 17.1 Å². The van der Waals surface area contributed by atoms with Gasteiger partial charge in [0, 0.05) is 37.1 Å². The monoisotopic (exact) mass is 445 g/mol. The van der Waals surface area contributed by atoms with Crippen LogP contribution in [0.5, 0.6) is 0 Å². The van der Waals surface area contributed by atoms with E-state index in [0.717, 1.165) is 54.6 Å². The molecular weight excluding hydrogens is 422 g/mol. The average Bonchev–Trinajstić information content (AvgIpc) is 3.52. The lowest BCUT2D eigenvalue weighted by Gasteiger charge is -2.34. The lowest BCUT2D eigenvalue weighted by Crippen LogP contribution is -2.48. The summed E-state index contributed by atoms with van der Waals surface area (Å²) in [6.07, 6.45) is 0. The molecule has 0 spiro atoms. The molecule has 0 bridgehead atoms. The van der Waals surface area contributed by atoms with E-state index in [-0.39, 0.29) is 5.91 Å². The number of thiophene rings is 1. The smallest absolute Gasteiger partial charge is 0.253 e. The summed E-state index contributed by atoms with van der Waals surface area (Å²) in [6.45, 7) is 4.11. The fourth-order valence-corrected chi connectivity index (χ4v) is 5.44. The average molecular weight is 446 g/mol. The van der Waals surface area contributed by atoms with Crippen LogP contribution in [0.25, 0.3) is 21.7 Å². The number of amides is 1. The molecule has 0 atom stereocenters. The van der Waals surface area contributed by atoms with Crippen molar-refractivity contribution in [3.63, 3.8) is 0 Å². The summed E-state index contributed by atoms with van der Waals surface area (Å²) >= 11 is 3.44. The zero-order valence-corrected chi connectivity index (χ0v) is 18.7. The Labute approximate surface area is 190 Å². The maximum atomic E-state index is 12.9. The molecule has 0 N–H and O–H groups in total. The number of hydrogen-bond acceptors (Lipinski definition) is 5. The fraction of sp³-hybridized carbons (Fsp3) is 0.200. The van der Waals surface area contributed by atoms with E-state index in [2.05, 4.69) is 39.9 Å². The molecule has 1 saturated heterocycles. The second kappa shape index (κ2) is 9.14. The van der Waals surface area contributed by atoms with E-state index in [9.17, 15) is 4.79 Å². The standard InChI is InChI=1S/C25H23N3OS2/c29-25(21-10-8-20(9-11-21)19-5-2-1-3-6-19)28-14-12-27(13-15-28)17-24-26-22(18-31-24)23-7-4-16-30-23/h1-11,16,18H,12-15,17H2. The van der Waals surface area contributed by atoms with Crippen LogP contribution in [0.15, 0.2) is 77.5 Å². The topological polar surface area (TPSA) is 36.4 Å². The molecule has 2 aromatic carbocycles. The van der Waals surface area contributed by atoms with E-state index in [1.807, 2.05) is 47.4 Å². The molecule has 1 aliphatic heterocycles. The Kier molecular flexibility index (Phi) is 5.93. The van der Waals surface area contributed by atoms with Crippen LogP contribution in [0.3, 0.4) is 0 Å². The molecule has 31 heavy (non-hydrogen) atoms. The maximum Gasteiger partial charge on any atom is 0.253 e. The van der Waals surface area contributed by atoms with Gasteiger partial charge in [-0.25, -0.2) is 4.98 Å². The van der Waals surface area contributed by atoms with Gasteiger partial charge < -0.3 is 4.90 Å². The normalized spacial score (nSPS) is 14.6. The first-order chi connectivity index (χ1) is 15.3. The number of carbonyl (C=O) groups excluding carboxylic acids is 1. The first-order valence-electron chi connectivity index (χ1n) is 10.4. The van der Waals surface area contributed by atoms with E-state index >= 15 is 0 Å². The van der Waals surface area contributed by atoms with E-state index < -0.39 is 0 Å². The zero-order chi connectivity index (χ0) is 21.0. The minimum atomic E-state index is 0.119. The summed E-state index contributed by atoms with van der Waals surface area (Å²) in [4.78, 5) is 23.3. The fourth-order valence-electron chi connectivity index (χ4n) is 3.84. The molecule has 0 unspecified atom stereocenters. The molecule has 4 nitrogen and oxygen atoms in total. The van der Waals surface area contributed by atoms with Crippen molar-refractivity contribution in [2.24, 2.45) is 0 Å². The number of aromatic nitrogens is 1. The molecule has 1 amide bonds. The minimum absolute atomic E-state index is 0.119. The number of rotatable bonds is 5. The third-order valence-electron chi connectivity index (χ3n) is 5.58. The van der Waals surface area contributed by atoms with Crippen LogP contribution < -0.4 is 0 Å². The highest BCUT2D eigenvalue weighted by Gasteiger charge is 2.23. The quantitative estimate of drug-likeness (QED) is 0.407. The van der Waals surface area contributed by atoms with Crippen molar-refractivity contribution in [3.05, 3.63) is 88.1 Å². The maximum absolute atomic E-state index is 12.9. The van der Waals surface area contributed by atoms with Crippen molar-refractivity contribution in [1.82, 2.24) is 14.8 Å². The van der Waals surface area contributed by atoms with Crippen molar-refractivity contribution < 1.29 is 4.79 Å². The highest BCUT2D eigenvalue weighted by molar-refractivity contribution is 7.14. The second-order valence-electron chi connectivity index (χ2n) is 7.62. The largest absolute Gasteiger partial charge is 0.336 e. The number of benzene rings is 2. The number of hydrogen-bond donors (Lipinski definition) is 0. The van der Waals surface area contributed by atoms with Crippen molar-refractivity contribution in [1.29, 1.82) is 0 Å². The van der Waals surface area contributed by atoms with E-state index in [1.165, 1.54) is 10.4 Å². The van der Waals surface area contributed by atoms with Crippen LogP contribution in [0.4, 0.5) is 0 Å². The van der Waals surface area contributed by atoms with Gasteiger partial charge in [0.1, 0.15) is 5.01 Å². The van der Waals surface area contributed by atoms with E-state index in [1.54, 1.807) is 22.7 Å². The molecule has 4 aromatic rings. The molecule has 156 valence electrons. The predicted molar refractivity (Wildman–Crippen MR) is 128 cm³/mol. The van der Waals surface area contributed by atoms with Gasteiger partial charge in [-0.05, 0) is 34.7 Å². The Morgan fingerprint density at radius 3 is 2.29 bits per heavy atom. The number of nitrogens with zero attached hydrogens (tertiary/aromatic N) is 3. The predicted octanol–water partition coefficient (Wildman–Crippen LogP) is 5.50. The number of piperazine rings is 1. The van der Waals surface area contributed by atoms with Crippen LogP contribution >= 0.6 is 22.7 Å². The van der Waals surface area contributed by atoms with Crippen molar-refractivity contribution >= 4 is 28.6 Å². The second-order valence-corrected chi connectivity index (χ2v) is 9.51. The Balaban J connectivity index is 1.16. The van der Waals surface area contributed by atoms with Crippen LogP contribution in [-0.2, 0) is 6.54 Å². The zero-order valence-electron chi connectivity index (χ0n) is 17.1. The molecule has 3 heterocycles. The molecular formula is C25H23N3OS2. The summed E-state index contributed by atoms with van der Waals surface area (Å²) in [7, 11) is 0. The van der Waals surface area contributed by atoms with Crippen molar-refractivity contribution in [2.45, 2.75) is 6.54 Å². The summed E-state index contributed by atoms with van der Waals surface area (Å²) in [5.74, 6) is 0.119. The third kappa shape index (κ3) is 4.61. The molecule has 0 radical (unpaired) electrons. The van der Waals surface area contributed by atoms with Crippen LogP contribution in [-0.4, -0.2) is 46.9 Å². The number of thiazole rings is 1. The molecule has 5 rings (SSSR count). The minimum Gasteiger partial charge on any atom is -0.336 e. The highest BCUT2D eigenvalue weighted by atomic mass is 32.1. The Morgan fingerprint density at radius 1 is 0.839 bits per heavy atom. The molecule has 6 heteroatoms. The Morgan fingerprint density at radius 2 is 1.58 bits per heavy atom. The van der Waals surface area contributed by atoms with Gasteiger partial charge in [0.2, 0.25) is 0 Å². The van der Waals surface area contributed by atoms with Crippen LogP contribution in [0.1, 0.15) is 15.4 Å². The lowest BCUT2D eigenvalue weighted by molar-refractivity contribution is 0.0628. The Hall–Kier alpha value is -2.80. The Bertz CT molecular complexity index is 1130. The van der Waals surface area contributed by atoms with Crippen molar-refractivity contribution in [3.8, 4) is 21.7 Å². The first-order valence-corrected chi connectivity index (χ1v) is 12.2. The van der Waals surface area contributed by atoms with Gasteiger partial charge in [0.25, 0.3) is 5.91 Å². The van der Waals surface area contributed by atoms with E-state index in [0.29, 0.717) is 0 Å². The van der Waals surface area contributed by atoms with Gasteiger partial charge >= 0.3 is 0 Å². The van der Waals surface area contributed by atoms with Crippen LogP contribution in [0, 0.1) is 0 Å². The van der Waals surface area contributed by atoms with Gasteiger partial charge in [-0.3, -0.25) is 9.69 Å². The van der Waals surface area contributed by atoms with Gasteiger partial charge in [-0.1, -0.05) is 48.5 Å². The summed E-state index contributed by atoms with van der Waals surface area (Å²) in [6, 6.07) is 22.4. The first kappa shape index (κ1) is 20.1. The lowest BCUT2D eigenvalue weighted by atomic mass is 10.0. The molecule has 1 fully saturated rings. The van der Waals surface area contributed by atoms with E-state index in [4.69, 9.17) is 4.98 Å². The molecule has 1 aliphatic rings. The third-order valence-corrected chi connectivity index (χ3v) is 7.31. The molecule has 2 aromatic heterocycles. The van der Waals surface area contributed by atoms with Crippen LogP contribution in [0.2, 0.25) is 0 Å². The van der Waals surface area contributed by atoms with Crippen molar-refractivity contribution in [2.75, 3.05) is 26.2 Å². The van der Waals surface area contributed by atoms with Gasteiger partial charge in [0.15, 0.2) is 0 Å². The van der Waals surface area contributed by atoms with Gasteiger partial charge in [-0.15, -0.1) is 22.7 Å². The summed E-state index contributed by atoms with van der Waals surface area (Å²) < 4.78 is 0. The number of carbonyl (C=O) groups is 1. The molecule has 0 aliphatic carbocycles. The summed E-state index contributed by atoms with van der Waals surface area (Å²) in [5.41, 5.74) is 4.13. The highest BCUT2D eigenvalue weighted by Crippen LogP contribution is 2.27. The molecule has 0 saturated carbocycles. The summed E-state index contributed by atoms with van der Waals surface area (Å²) in [5, 5.41) is 5.36.